The summed E-state index contributed by atoms with van der Waals surface area (Å²) >= 11 is 1.36. The van der Waals surface area contributed by atoms with E-state index >= 15 is 0 Å². The van der Waals surface area contributed by atoms with Gasteiger partial charge < -0.3 is 10.0 Å². The molecule has 0 saturated heterocycles. The molecule has 0 spiro atoms. The standard InChI is InChI=1S/C20H19FN4O2S/c1-2-24(15-5-3-13(21)4-6-15)9-14-7-18(27)25-17(10-28-19(25)23-14)16-8-20(16,11-22)12-26/h3-7,10,16,26H,2,8-9,12H2,1H3. The van der Waals surface area contributed by atoms with Gasteiger partial charge in [0.15, 0.2) is 4.96 Å². The lowest BCUT2D eigenvalue weighted by Gasteiger charge is -2.22. The van der Waals surface area contributed by atoms with Gasteiger partial charge in [-0.3, -0.25) is 9.20 Å². The number of hydrogen-bond acceptors (Lipinski definition) is 6. The first-order valence-electron chi connectivity index (χ1n) is 9.04. The summed E-state index contributed by atoms with van der Waals surface area (Å²) in [6, 6.07) is 9.91. The molecule has 1 saturated carbocycles. The van der Waals surface area contributed by atoms with Crippen LogP contribution in [-0.2, 0) is 6.54 Å². The molecule has 3 aromatic rings. The van der Waals surface area contributed by atoms with Gasteiger partial charge in [0.2, 0.25) is 0 Å². The van der Waals surface area contributed by atoms with Crippen LogP contribution in [0.25, 0.3) is 4.96 Å². The number of rotatable bonds is 6. The van der Waals surface area contributed by atoms with Gasteiger partial charge in [-0.05, 0) is 37.6 Å². The number of halogens is 1. The van der Waals surface area contributed by atoms with Crippen molar-refractivity contribution in [2.24, 2.45) is 5.41 Å². The predicted molar refractivity (Wildman–Crippen MR) is 105 cm³/mol. The van der Waals surface area contributed by atoms with Crippen LogP contribution in [0.2, 0.25) is 0 Å². The molecule has 1 N–H and O–H groups in total. The summed E-state index contributed by atoms with van der Waals surface area (Å²) in [4.78, 5) is 20.0. The number of aliphatic hydroxyl groups is 1. The maximum atomic E-state index is 13.2. The zero-order chi connectivity index (χ0) is 19.9. The summed E-state index contributed by atoms with van der Waals surface area (Å²) in [6.07, 6.45) is 0.550. The SMILES string of the molecule is CCN(Cc1cc(=O)n2c(C3CC3(C#N)CO)csc2n1)c1ccc(F)cc1. The van der Waals surface area contributed by atoms with E-state index in [1.165, 1.54) is 29.5 Å². The van der Waals surface area contributed by atoms with Crippen LogP contribution in [0.15, 0.2) is 40.5 Å². The third-order valence-corrected chi connectivity index (χ3v) is 6.19. The van der Waals surface area contributed by atoms with Crippen molar-refractivity contribution in [1.82, 2.24) is 9.38 Å². The van der Waals surface area contributed by atoms with Crippen molar-refractivity contribution in [2.75, 3.05) is 18.1 Å². The van der Waals surface area contributed by atoms with Gasteiger partial charge in [-0.25, -0.2) is 9.37 Å². The minimum atomic E-state index is -0.784. The quantitative estimate of drug-likeness (QED) is 0.690. The monoisotopic (exact) mass is 398 g/mol. The van der Waals surface area contributed by atoms with Crippen molar-refractivity contribution < 1.29 is 9.50 Å². The predicted octanol–water partition coefficient (Wildman–Crippen LogP) is 2.91. The smallest absolute Gasteiger partial charge is 0.259 e. The Balaban J connectivity index is 1.65. The van der Waals surface area contributed by atoms with E-state index in [1.54, 1.807) is 16.5 Å². The van der Waals surface area contributed by atoms with E-state index in [4.69, 9.17) is 0 Å². The van der Waals surface area contributed by atoms with Crippen molar-refractivity contribution >= 4 is 22.0 Å². The van der Waals surface area contributed by atoms with Crippen LogP contribution >= 0.6 is 11.3 Å². The summed E-state index contributed by atoms with van der Waals surface area (Å²) in [6.45, 7) is 2.89. The number of fused-ring (bicyclic) bond motifs is 1. The zero-order valence-electron chi connectivity index (χ0n) is 15.3. The summed E-state index contributed by atoms with van der Waals surface area (Å²) in [5, 5.41) is 20.7. The number of nitrogens with zero attached hydrogens (tertiary/aromatic N) is 4. The number of aliphatic hydroxyl groups excluding tert-OH is 1. The molecular weight excluding hydrogens is 379 g/mol. The molecule has 1 aliphatic carbocycles. The summed E-state index contributed by atoms with van der Waals surface area (Å²) < 4.78 is 14.7. The average Bonchev–Trinajstić information content (AvgIpc) is 3.28. The molecule has 4 rings (SSSR count). The van der Waals surface area contributed by atoms with Crippen molar-refractivity contribution in [2.45, 2.75) is 25.8 Å². The molecule has 1 aromatic carbocycles. The molecule has 1 aliphatic rings. The van der Waals surface area contributed by atoms with E-state index in [0.29, 0.717) is 30.2 Å². The highest BCUT2D eigenvalue weighted by atomic mass is 32.1. The third kappa shape index (κ3) is 3.07. The number of thiazole rings is 1. The molecule has 0 radical (unpaired) electrons. The lowest BCUT2D eigenvalue weighted by molar-refractivity contribution is 0.241. The fourth-order valence-electron chi connectivity index (χ4n) is 3.57. The lowest BCUT2D eigenvalue weighted by Crippen LogP contribution is -2.25. The lowest BCUT2D eigenvalue weighted by atomic mass is 10.1. The third-order valence-electron chi connectivity index (χ3n) is 5.35. The van der Waals surface area contributed by atoms with Crippen LogP contribution in [0.3, 0.4) is 0 Å². The Bertz CT molecular complexity index is 1120. The second-order valence-corrected chi connectivity index (χ2v) is 7.87. The first-order valence-corrected chi connectivity index (χ1v) is 9.92. The second-order valence-electron chi connectivity index (χ2n) is 7.04. The number of nitriles is 1. The summed E-state index contributed by atoms with van der Waals surface area (Å²) in [5.74, 6) is -0.437. The van der Waals surface area contributed by atoms with E-state index in [0.717, 1.165) is 11.4 Å². The Kier molecular flexibility index (Phi) is 4.65. The average molecular weight is 398 g/mol. The van der Waals surface area contributed by atoms with Crippen LogP contribution in [0.4, 0.5) is 10.1 Å². The summed E-state index contributed by atoms with van der Waals surface area (Å²) in [7, 11) is 0. The molecule has 0 bridgehead atoms. The number of aromatic nitrogens is 2. The van der Waals surface area contributed by atoms with Gasteiger partial charge in [0.1, 0.15) is 5.82 Å². The highest BCUT2D eigenvalue weighted by molar-refractivity contribution is 7.15. The van der Waals surface area contributed by atoms with Crippen LogP contribution in [0.5, 0.6) is 0 Å². The first-order chi connectivity index (χ1) is 13.5. The van der Waals surface area contributed by atoms with E-state index in [9.17, 15) is 19.6 Å². The Morgan fingerprint density at radius 3 is 2.82 bits per heavy atom. The van der Waals surface area contributed by atoms with Gasteiger partial charge in [0, 0.05) is 35.3 Å². The van der Waals surface area contributed by atoms with Gasteiger partial charge in [0.25, 0.3) is 5.56 Å². The molecule has 0 amide bonds. The van der Waals surface area contributed by atoms with E-state index in [2.05, 4.69) is 11.1 Å². The van der Waals surface area contributed by atoms with E-state index in [-0.39, 0.29) is 23.9 Å². The van der Waals surface area contributed by atoms with Crippen LogP contribution in [0.1, 0.15) is 30.7 Å². The maximum absolute atomic E-state index is 13.2. The van der Waals surface area contributed by atoms with Crippen LogP contribution in [-0.4, -0.2) is 27.6 Å². The van der Waals surface area contributed by atoms with Crippen LogP contribution in [0, 0.1) is 22.6 Å². The van der Waals surface area contributed by atoms with E-state index < -0.39 is 5.41 Å². The minimum absolute atomic E-state index is 0.145. The van der Waals surface area contributed by atoms with Crippen molar-refractivity contribution in [3.8, 4) is 6.07 Å². The normalized spacial score (nSPS) is 20.9. The number of hydrogen-bond donors (Lipinski definition) is 1. The fraction of sp³-hybridized carbons (Fsp3) is 0.350. The molecule has 2 unspecified atom stereocenters. The molecule has 0 aliphatic heterocycles. The van der Waals surface area contributed by atoms with Gasteiger partial charge in [-0.2, -0.15) is 5.26 Å². The molecule has 2 aromatic heterocycles. The molecule has 6 nitrogen and oxygen atoms in total. The van der Waals surface area contributed by atoms with Crippen molar-refractivity contribution in [1.29, 1.82) is 5.26 Å². The number of benzene rings is 1. The highest BCUT2D eigenvalue weighted by Gasteiger charge is 2.56. The van der Waals surface area contributed by atoms with Gasteiger partial charge in [-0.1, -0.05) is 0 Å². The Labute approximate surface area is 165 Å². The molecule has 2 atom stereocenters. The first kappa shape index (κ1) is 18.6. The van der Waals surface area contributed by atoms with E-state index in [1.807, 2.05) is 17.2 Å². The molecule has 8 heteroatoms. The zero-order valence-corrected chi connectivity index (χ0v) is 16.1. The van der Waals surface area contributed by atoms with Gasteiger partial charge >= 0.3 is 0 Å². The topological polar surface area (TPSA) is 81.6 Å². The molecule has 28 heavy (non-hydrogen) atoms. The number of anilines is 1. The molecule has 2 heterocycles. The molecule has 1 fully saturated rings. The fourth-order valence-corrected chi connectivity index (χ4v) is 4.53. The van der Waals surface area contributed by atoms with Gasteiger partial charge in [0.05, 0.1) is 30.3 Å². The Hall–Kier alpha value is -2.76. The maximum Gasteiger partial charge on any atom is 0.259 e. The summed E-state index contributed by atoms with van der Waals surface area (Å²) in [5.41, 5.74) is 1.26. The second kappa shape index (κ2) is 7.00. The van der Waals surface area contributed by atoms with Crippen LogP contribution < -0.4 is 10.5 Å². The van der Waals surface area contributed by atoms with Gasteiger partial charge in [-0.15, -0.1) is 11.3 Å². The molecular formula is C20H19FN4O2S. The highest BCUT2D eigenvalue weighted by Crippen LogP contribution is 2.58. The largest absolute Gasteiger partial charge is 0.395 e. The van der Waals surface area contributed by atoms with Crippen molar-refractivity contribution in [3.63, 3.8) is 0 Å². The Morgan fingerprint density at radius 1 is 1.46 bits per heavy atom. The molecule has 144 valence electrons. The Morgan fingerprint density at radius 2 is 2.21 bits per heavy atom. The van der Waals surface area contributed by atoms with Crippen molar-refractivity contribution in [3.05, 3.63) is 63.3 Å². The minimum Gasteiger partial charge on any atom is -0.395 e.